The Labute approximate surface area is 143 Å². The van der Waals surface area contributed by atoms with Crippen LogP contribution in [-0.2, 0) is 14.8 Å². The molecule has 5 nitrogen and oxygen atoms in total. The lowest BCUT2D eigenvalue weighted by molar-refractivity contribution is -0.115. The average molecular weight is 346 g/mol. The molecule has 1 amide bonds. The lowest BCUT2D eigenvalue weighted by Crippen LogP contribution is -2.33. The van der Waals surface area contributed by atoms with Crippen LogP contribution < -0.4 is 10.0 Å². The average Bonchev–Trinajstić information content (AvgIpc) is 2.43. The van der Waals surface area contributed by atoms with Crippen molar-refractivity contribution < 1.29 is 13.2 Å². The minimum Gasteiger partial charge on any atom is -0.325 e. The van der Waals surface area contributed by atoms with E-state index < -0.39 is 15.9 Å². The number of carbonyl (C=O) groups excluding carboxylic acids is 1. The van der Waals surface area contributed by atoms with Crippen molar-refractivity contribution in [1.82, 2.24) is 4.72 Å². The first-order valence-electron chi connectivity index (χ1n) is 7.62. The van der Waals surface area contributed by atoms with Gasteiger partial charge in [0.15, 0.2) is 0 Å². The summed E-state index contributed by atoms with van der Waals surface area (Å²) in [4.78, 5) is 12.2. The lowest BCUT2D eigenvalue weighted by atomic mass is 10.1. The third-order valence-corrected chi connectivity index (χ3v) is 5.11. The molecule has 0 unspecified atom stereocenters. The van der Waals surface area contributed by atoms with Crippen molar-refractivity contribution in [2.45, 2.75) is 32.6 Å². The lowest BCUT2D eigenvalue weighted by Gasteiger charge is -2.11. The molecule has 0 bridgehead atoms. The Morgan fingerprint density at radius 3 is 2.12 bits per heavy atom. The zero-order valence-electron chi connectivity index (χ0n) is 14.3. The maximum atomic E-state index is 12.3. The van der Waals surface area contributed by atoms with Gasteiger partial charge in [-0.3, -0.25) is 4.79 Å². The quantitative estimate of drug-likeness (QED) is 0.874. The SMILES string of the molecule is Cc1cc(C)cc(NC(=O)CNS(=O)(=O)c2ccc(C)cc2C)c1. The number of benzene rings is 2. The summed E-state index contributed by atoms with van der Waals surface area (Å²) in [5.41, 5.74) is 4.35. The van der Waals surface area contributed by atoms with Gasteiger partial charge in [-0.15, -0.1) is 0 Å². The smallest absolute Gasteiger partial charge is 0.241 e. The molecule has 0 saturated carbocycles. The zero-order valence-corrected chi connectivity index (χ0v) is 15.1. The number of hydrogen-bond acceptors (Lipinski definition) is 3. The summed E-state index contributed by atoms with van der Waals surface area (Å²) in [6, 6.07) is 10.8. The van der Waals surface area contributed by atoms with E-state index in [9.17, 15) is 13.2 Å². The summed E-state index contributed by atoms with van der Waals surface area (Å²) in [5, 5.41) is 2.71. The number of sulfonamides is 1. The summed E-state index contributed by atoms with van der Waals surface area (Å²) in [6.45, 7) is 7.19. The second kappa shape index (κ2) is 7.15. The van der Waals surface area contributed by atoms with Gasteiger partial charge in [0.1, 0.15) is 0 Å². The largest absolute Gasteiger partial charge is 0.325 e. The van der Waals surface area contributed by atoms with Gasteiger partial charge in [0.05, 0.1) is 11.4 Å². The van der Waals surface area contributed by atoms with Gasteiger partial charge in [0.25, 0.3) is 0 Å². The molecule has 2 N–H and O–H groups in total. The van der Waals surface area contributed by atoms with Crippen LogP contribution >= 0.6 is 0 Å². The molecule has 0 heterocycles. The molecule has 0 atom stereocenters. The second-order valence-corrected chi connectivity index (χ2v) is 7.75. The van der Waals surface area contributed by atoms with Crippen molar-refractivity contribution >= 4 is 21.6 Å². The minimum absolute atomic E-state index is 0.187. The Morgan fingerprint density at radius 2 is 1.54 bits per heavy atom. The van der Waals surface area contributed by atoms with Gasteiger partial charge < -0.3 is 5.32 Å². The topological polar surface area (TPSA) is 75.3 Å². The molecule has 0 aromatic heterocycles. The van der Waals surface area contributed by atoms with Gasteiger partial charge in [0, 0.05) is 5.69 Å². The molecule has 24 heavy (non-hydrogen) atoms. The Balaban J connectivity index is 2.05. The number of carbonyl (C=O) groups is 1. The monoisotopic (exact) mass is 346 g/mol. The van der Waals surface area contributed by atoms with E-state index in [4.69, 9.17) is 0 Å². The third-order valence-electron chi connectivity index (χ3n) is 3.55. The number of hydrogen-bond donors (Lipinski definition) is 2. The van der Waals surface area contributed by atoms with Crippen molar-refractivity contribution in [3.8, 4) is 0 Å². The van der Waals surface area contributed by atoms with Crippen LogP contribution in [0.1, 0.15) is 22.3 Å². The van der Waals surface area contributed by atoms with E-state index >= 15 is 0 Å². The number of anilines is 1. The van der Waals surface area contributed by atoms with Gasteiger partial charge in [0.2, 0.25) is 15.9 Å². The summed E-state index contributed by atoms with van der Waals surface area (Å²) in [6.07, 6.45) is 0. The zero-order chi connectivity index (χ0) is 17.9. The van der Waals surface area contributed by atoms with Crippen LogP contribution in [0, 0.1) is 27.7 Å². The summed E-state index contributed by atoms with van der Waals surface area (Å²) < 4.78 is 27.0. The van der Waals surface area contributed by atoms with E-state index in [0.717, 1.165) is 16.7 Å². The van der Waals surface area contributed by atoms with Crippen LogP contribution in [0.25, 0.3) is 0 Å². The van der Waals surface area contributed by atoms with Crippen LogP contribution in [-0.4, -0.2) is 20.9 Å². The fraction of sp³-hybridized carbons (Fsp3) is 0.278. The molecule has 0 aliphatic heterocycles. The molecular formula is C18H22N2O3S. The first-order valence-corrected chi connectivity index (χ1v) is 9.11. The van der Waals surface area contributed by atoms with Crippen molar-refractivity contribution in [3.63, 3.8) is 0 Å². The Hall–Kier alpha value is -2.18. The van der Waals surface area contributed by atoms with Crippen LogP contribution in [0.3, 0.4) is 0 Å². The fourth-order valence-corrected chi connectivity index (χ4v) is 3.80. The molecule has 2 aromatic rings. The molecule has 0 aliphatic rings. The summed E-state index contributed by atoms with van der Waals surface area (Å²) >= 11 is 0. The Kier molecular flexibility index (Phi) is 5.41. The van der Waals surface area contributed by atoms with Crippen molar-refractivity contribution in [2.75, 3.05) is 11.9 Å². The van der Waals surface area contributed by atoms with Gasteiger partial charge in [-0.2, -0.15) is 0 Å². The predicted octanol–water partition coefficient (Wildman–Crippen LogP) is 2.84. The van der Waals surface area contributed by atoms with Crippen LogP contribution in [0.4, 0.5) is 5.69 Å². The van der Waals surface area contributed by atoms with Crippen molar-refractivity contribution in [3.05, 3.63) is 58.7 Å². The number of nitrogens with one attached hydrogen (secondary N) is 2. The summed E-state index contributed by atoms with van der Waals surface area (Å²) in [7, 11) is -3.72. The molecule has 6 heteroatoms. The standard InChI is InChI=1S/C18H22N2O3S/c1-12-5-6-17(15(4)8-12)24(22,23)19-11-18(21)20-16-9-13(2)7-14(3)10-16/h5-10,19H,11H2,1-4H3,(H,20,21). The highest BCUT2D eigenvalue weighted by molar-refractivity contribution is 7.89. The number of amides is 1. The predicted molar refractivity (Wildman–Crippen MR) is 95.7 cm³/mol. The maximum absolute atomic E-state index is 12.3. The van der Waals surface area contributed by atoms with Crippen LogP contribution in [0.2, 0.25) is 0 Å². The first-order chi connectivity index (χ1) is 11.2. The maximum Gasteiger partial charge on any atom is 0.241 e. The molecule has 0 fully saturated rings. The number of rotatable bonds is 5. The molecule has 2 aromatic carbocycles. The van der Waals surface area contributed by atoms with Crippen LogP contribution in [0.5, 0.6) is 0 Å². The molecule has 0 spiro atoms. The second-order valence-electron chi connectivity index (χ2n) is 6.02. The highest BCUT2D eigenvalue weighted by Crippen LogP contribution is 2.16. The Morgan fingerprint density at radius 1 is 0.917 bits per heavy atom. The highest BCUT2D eigenvalue weighted by Gasteiger charge is 2.17. The molecule has 0 aliphatic carbocycles. The van der Waals surface area contributed by atoms with E-state index in [0.29, 0.717) is 11.3 Å². The van der Waals surface area contributed by atoms with Gasteiger partial charge >= 0.3 is 0 Å². The van der Waals surface area contributed by atoms with Gasteiger partial charge in [-0.25, -0.2) is 13.1 Å². The van der Waals surface area contributed by atoms with E-state index in [-0.39, 0.29) is 11.4 Å². The first kappa shape index (κ1) is 18.2. The van der Waals surface area contributed by atoms with E-state index in [1.807, 2.05) is 39.0 Å². The van der Waals surface area contributed by atoms with Gasteiger partial charge in [-0.1, -0.05) is 23.8 Å². The molecule has 2 rings (SSSR count). The molecule has 128 valence electrons. The van der Waals surface area contributed by atoms with Gasteiger partial charge in [-0.05, 0) is 62.6 Å². The third kappa shape index (κ3) is 4.66. The number of aryl methyl sites for hydroxylation is 4. The summed E-state index contributed by atoms with van der Waals surface area (Å²) in [5.74, 6) is -0.409. The van der Waals surface area contributed by atoms with Crippen molar-refractivity contribution in [2.24, 2.45) is 0 Å². The molecule has 0 radical (unpaired) electrons. The van der Waals surface area contributed by atoms with E-state index in [1.54, 1.807) is 25.1 Å². The minimum atomic E-state index is -3.72. The fourth-order valence-electron chi connectivity index (χ4n) is 2.59. The van der Waals surface area contributed by atoms with E-state index in [2.05, 4.69) is 10.0 Å². The highest BCUT2D eigenvalue weighted by atomic mass is 32.2. The normalized spacial score (nSPS) is 11.3. The van der Waals surface area contributed by atoms with Crippen LogP contribution in [0.15, 0.2) is 41.3 Å². The molecule has 0 saturated heterocycles. The van der Waals surface area contributed by atoms with Crippen molar-refractivity contribution in [1.29, 1.82) is 0 Å². The Bertz CT molecular complexity index is 854. The molecular weight excluding hydrogens is 324 g/mol. The van der Waals surface area contributed by atoms with E-state index in [1.165, 1.54) is 0 Å².